The molecule has 0 spiro atoms. The highest BCUT2D eigenvalue weighted by molar-refractivity contribution is 7.13. The van der Waals surface area contributed by atoms with Crippen LogP contribution in [0.5, 0.6) is 0 Å². The molecule has 0 saturated heterocycles. The molecular formula is C16H15N7O3S. The van der Waals surface area contributed by atoms with E-state index in [-0.39, 0.29) is 23.4 Å². The maximum atomic E-state index is 12.4. The Morgan fingerprint density at radius 3 is 2.93 bits per heavy atom. The summed E-state index contributed by atoms with van der Waals surface area (Å²) in [5.41, 5.74) is 0.606. The molecule has 0 fully saturated rings. The van der Waals surface area contributed by atoms with Gasteiger partial charge in [-0.25, -0.2) is 14.2 Å². The van der Waals surface area contributed by atoms with Crippen molar-refractivity contribution in [2.45, 2.75) is 13.5 Å². The van der Waals surface area contributed by atoms with E-state index in [0.717, 1.165) is 19.3 Å². The van der Waals surface area contributed by atoms with Gasteiger partial charge in [0.25, 0.3) is 11.5 Å². The van der Waals surface area contributed by atoms with Gasteiger partial charge in [-0.15, -0.1) is 5.10 Å². The second-order valence-electron chi connectivity index (χ2n) is 6.04. The van der Waals surface area contributed by atoms with Gasteiger partial charge in [-0.05, 0) is 19.1 Å². The summed E-state index contributed by atoms with van der Waals surface area (Å²) in [5, 5.41) is 10.9. The maximum absolute atomic E-state index is 12.4. The van der Waals surface area contributed by atoms with E-state index in [1.807, 2.05) is 25.1 Å². The quantitative estimate of drug-likeness (QED) is 0.526. The summed E-state index contributed by atoms with van der Waals surface area (Å²) < 4.78 is 4.71. The average Bonchev–Trinajstić information content (AvgIpc) is 3.21. The number of benzene rings is 1. The fraction of sp³-hybridized carbons (Fsp3) is 0.250. The second kappa shape index (κ2) is 6.43. The number of imidazole rings is 1. The van der Waals surface area contributed by atoms with E-state index in [9.17, 15) is 14.4 Å². The Hall–Kier alpha value is -3.34. The standard InChI is InChI=1S/C16H15N7O3S/c1-9-3-4-11-10(7-9)15(25)23(27-11)6-5-17-14(24)12-13-19-20-21(2)16(26)22(13)8-18-12/h3-4,7-8H,5-6H2,1-2H3,(H,17,24). The number of aromatic nitrogens is 6. The van der Waals surface area contributed by atoms with Crippen LogP contribution in [-0.4, -0.2) is 40.8 Å². The zero-order chi connectivity index (χ0) is 19.1. The summed E-state index contributed by atoms with van der Waals surface area (Å²) in [5.74, 6) is -0.481. The zero-order valence-corrected chi connectivity index (χ0v) is 15.4. The minimum atomic E-state index is -0.481. The van der Waals surface area contributed by atoms with Gasteiger partial charge in [0.1, 0.15) is 6.33 Å². The fourth-order valence-corrected chi connectivity index (χ4v) is 3.70. The van der Waals surface area contributed by atoms with Crippen LogP contribution in [0.25, 0.3) is 15.7 Å². The van der Waals surface area contributed by atoms with E-state index in [1.54, 1.807) is 3.96 Å². The molecular weight excluding hydrogens is 370 g/mol. The molecule has 138 valence electrons. The number of fused-ring (bicyclic) bond motifs is 2. The van der Waals surface area contributed by atoms with Crippen molar-refractivity contribution < 1.29 is 4.79 Å². The number of nitrogens with zero attached hydrogens (tertiary/aromatic N) is 6. The molecule has 0 aliphatic heterocycles. The normalized spacial score (nSPS) is 11.3. The van der Waals surface area contributed by atoms with Gasteiger partial charge in [0.05, 0.1) is 16.6 Å². The number of rotatable bonds is 4. The van der Waals surface area contributed by atoms with E-state index < -0.39 is 11.6 Å². The molecule has 4 aromatic rings. The highest BCUT2D eigenvalue weighted by atomic mass is 32.1. The molecule has 1 N–H and O–H groups in total. The number of carbonyl (C=O) groups is 1. The first kappa shape index (κ1) is 17.1. The maximum Gasteiger partial charge on any atom is 0.352 e. The molecule has 0 bridgehead atoms. The van der Waals surface area contributed by atoms with E-state index in [4.69, 9.17) is 0 Å². The van der Waals surface area contributed by atoms with Crippen LogP contribution in [0.4, 0.5) is 0 Å². The Morgan fingerprint density at radius 1 is 1.30 bits per heavy atom. The summed E-state index contributed by atoms with van der Waals surface area (Å²) >= 11 is 1.35. The van der Waals surface area contributed by atoms with Crippen molar-refractivity contribution >= 4 is 33.2 Å². The molecule has 0 radical (unpaired) electrons. The predicted octanol–water partition coefficient (Wildman–Crippen LogP) is -0.0622. The van der Waals surface area contributed by atoms with E-state index >= 15 is 0 Å². The van der Waals surface area contributed by atoms with Crippen molar-refractivity contribution in [3.63, 3.8) is 0 Å². The molecule has 0 aliphatic rings. The number of amides is 1. The lowest BCUT2D eigenvalue weighted by Gasteiger charge is -2.03. The van der Waals surface area contributed by atoms with Crippen LogP contribution in [0.2, 0.25) is 0 Å². The Balaban J connectivity index is 1.51. The lowest BCUT2D eigenvalue weighted by Crippen LogP contribution is -2.30. The lowest BCUT2D eigenvalue weighted by molar-refractivity contribution is 0.0949. The van der Waals surface area contributed by atoms with Crippen LogP contribution in [0.1, 0.15) is 16.1 Å². The van der Waals surface area contributed by atoms with Gasteiger partial charge in [0, 0.05) is 13.6 Å². The van der Waals surface area contributed by atoms with Crippen molar-refractivity contribution in [1.82, 2.24) is 33.7 Å². The van der Waals surface area contributed by atoms with E-state index in [0.29, 0.717) is 11.9 Å². The van der Waals surface area contributed by atoms with Gasteiger partial charge in [-0.3, -0.25) is 13.5 Å². The van der Waals surface area contributed by atoms with E-state index in [2.05, 4.69) is 20.6 Å². The lowest BCUT2D eigenvalue weighted by atomic mass is 10.2. The number of hydrogen-bond donors (Lipinski definition) is 1. The summed E-state index contributed by atoms with van der Waals surface area (Å²) in [6.45, 7) is 2.51. The van der Waals surface area contributed by atoms with Crippen LogP contribution < -0.4 is 16.6 Å². The fourth-order valence-electron chi connectivity index (χ4n) is 2.73. The van der Waals surface area contributed by atoms with Crippen LogP contribution in [0, 0.1) is 6.92 Å². The molecule has 0 saturated carbocycles. The molecule has 11 heteroatoms. The monoisotopic (exact) mass is 385 g/mol. The van der Waals surface area contributed by atoms with Crippen molar-refractivity contribution in [2.75, 3.05) is 6.54 Å². The molecule has 0 atom stereocenters. The average molecular weight is 385 g/mol. The molecule has 0 unspecified atom stereocenters. The first-order chi connectivity index (χ1) is 13.0. The number of carbonyl (C=O) groups excluding carboxylic acids is 1. The first-order valence-corrected chi connectivity index (χ1v) is 8.89. The van der Waals surface area contributed by atoms with Crippen molar-refractivity contribution in [3.8, 4) is 0 Å². The number of nitrogens with one attached hydrogen (secondary N) is 1. The number of hydrogen-bond acceptors (Lipinski definition) is 7. The minimum Gasteiger partial charge on any atom is -0.349 e. The number of aryl methyl sites for hydroxylation is 2. The van der Waals surface area contributed by atoms with Gasteiger partial charge in [0.15, 0.2) is 11.3 Å². The highest BCUT2D eigenvalue weighted by Crippen LogP contribution is 2.17. The molecule has 1 aromatic carbocycles. The van der Waals surface area contributed by atoms with Crippen molar-refractivity contribution in [1.29, 1.82) is 0 Å². The topological polar surface area (TPSA) is 116 Å². The van der Waals surface area contributed by atoms with Crippen LogP contribution >= 0.6 is 11.5 Å². The van der Waals surface area contributed by atoms with Gasteiger partial charge >= 0.3 is 5.69 Å². The summed E-state index contributed by atoms with van der Waals surface area (Å²) in [4.78, 5) is 40.7. The summed E-state index contributed by atoms with van der Waals surface area (Å²) in [7, 11) is 1.46. The minimum absolute atomic E-state index is 0.0134. The Kier molecular flexibility index (Phi) is 4.07. The third-order valence-electron chi connectivity index (χ3n) is 4.11. The predicted molar refractivity (Wildman–Crippen MR) is 99.2 cm³/mol. The molecule has 27 heavy (non-hydrogen) atoms. The molecule has 0 aliphatic carbocycles. The van der Waals surface area contributed by atoms with Crippen molar-refractivity contribution in [2.24, 2.45) is 7.05 Å². The highest BCUT2D eigenvalue weighted by Gasteiger charge is 2.17. The van der Waals surface area contributed by atoms with Gasteiger partial charge in [-0.1, -0.05) is 28.4 Å². The van der Waals surface area contributed by atoms with Gasteiger partial charge < -0.3 is 5.32 Å². The van der Waals surface area contributed by atoms with Gasteiger partial charge in [-0.2, -0.15) is 4.68 Å². The Morgan fingerprint density at radius 2 is 2.11 bits per heavy atom. The van der Waals surface area contributed by atoms with Crippen LogP contribution in [0.15, 0.2) is 34.1 Å². The SMILES string of the molecule is Cc1ccc2sn(CCNC(=O)c3ncn4c(=O)n(C)nnc34)c(=O)c2c1. The second-order valence-corrected chi connectivity index (χ2v) is 7.10. The third kappa shape index (κ3) is 2.91. The Bertz CT molecular complexity index is 1300. The molecule has 4 rings (SSSR count). The zero-order valence-electron chi connectivity index (χ0n) is 14.5. The summed E-state index contributed by atoms with van der Waals surface area (Å²) in [6, 6.07) is 5.74. The first-order valence-electron chi connectivity index (χ1n) is 8.11. The van der Waals surface area contributed by atoms with Crippen LogP contribution in [0.3, 0.4) is 0 Å². The largest absolute Gasteiger partial charge is 0.352 e. The van der Waals surface area contributed by atoms with Gasteiger partial charge in [0.2, 0.25) is 0 Å². The third-order valence-corrected chi connectivity index (χ3v) is 5.24. The van der Waals surface area contributed by atoms with Crippen molar-refractivity contribution in [3.05, 3.63) is 56.6 Å². The van der Waals surface area contributed by atoms with Crippen LogP contribution in [-0.2, 0) is 13.6 Å². The van der Waals surface area contributed by atoms with E-state index in [1.165, 1.54) is 24.9 Å². The smallest absolute Gasteiger partial charge is 0.349 e. The molecule has 3 heterocycles. The Labute approximate surface area is 155 Å². The summed E-state index contributed by atoms with van der Waals surface area (Å²) in [6.07, 6.45) is 1.24. The molecule has 1 amide bonds. The molecule has 10 nitrogen and oxygen atoms in total. The molecule has 3 aromatic heterocycles.